The Hall–Kier alpha value is -3.12. The number of hydrogen-bond acceptors (Lipinski definition) is 0. The zero-order chi connectivity index (χ0) is 21.3. The van der Waals surface area contributed by atoms with Crippen molar-refractivity contribution in [3.63, 3.8) is 0 Å². The van der Waals surface area contributed by atoms with Gasteiger partial charge in [0.05, 0.1) is 0 Å². The zero-order valence-electron chi connectivity index (χ0n) is 18.6. The summed E-state index contributed by atoms with van der Waals surface area (Å²) in [7, 11) is 0. The molecule has 1 fully saturated rings. The van der Waals surface area contributed by atoms with E-state index >= 15 is 0 Å². The molecule has 0 bridgehead atoms. The Morgan fingerprint density at radius 3 is 2.34 bits per heavy atom. The van der Waals surface area contributed by atoms with Gasteiger partial charge >= 0.3 is 0 Å². The zero-order valence-corrected chi connectivity index (χ0v) is 18.6. The van der Waals surface area contributed by atoms with Crippen LogP contribution in [0.4, 0.5) is 0 Å². The normalized spacial score (nSPS) is 20.6. The molecule has 0 nitrogen and oxygen atoms in total. The quantitative estimate of drug-likeness (QED) is 0.401. The van der Waals surface area contributed by atoms with Crippen molar-refractivity contribution >= 4 is 16.3 Å². The van der Waals surface area contributed by atoms with Crippen molar-refractivity contribution in [2.24, 2.45) is 5.92 Å². The van der Waals surface area contributed by atoms with Gasteiger partial charge in [-0.25, -0.2) is 0 Å². The molecule has 32 heavy (non-hydrogen) atoms. The standard InChI is InChI=1S/C32H30/c1-2-7-24(8-3-1)26-15-13-23(14-16-26)21-28-19-20-31(32-12-6-11-30(28)32)29-18-17-25-9-4-5-10-27(25)22-29/h4-6,9-20,22,24,32H,1-3,7-8,21H2. The van der Waals surface area contributed by atoms with Gasteiger partial charge in [-0.15, -0.1) is 0 Å². The van der Waals surface area contributed by atoms with Gasteiger partial charge in [-0.3, -0.25) is 0 Å². The lowest BCUT2D eigenvalue weighted by Gasteiger charge is -2.25. The fourth-order valence-corrected chi connectivity index (χ4v) is 5.82. The Kier molecular flexibility index (Phi) is 5.15. The van der Waals surface area contributed by atoms with Crippen molar-refractivity contribution in [3.8, 4) is 0 Å². The summed E-state index contributed by atoms with van der Waals surface area (Å²) >= 11 is 0. The lowest BCUT2D eigenvalue weighted by molar-refractivity contribution is 0.443. The molecule has 3 aliphatic rings. The van der Waals surface area contributed by atoms with Crippen LogP contribution in [0.2, 0.25) is 0 Å². The predicted octanol–water partition coefficient (Wildman–Crippen LogP) is 8.57. The van der Waals surface area contributed by atoms with Crippen LogP contribution in [-0.2, 0) is 6.42 Å². The third-order valence-electron chi connectivity index (χ3n) is 7.62. The molecule has 0 N–H and O–H groups in total. The van der Waals surface area contributed by atoms with E-state index in [9.17, 15) is 0 Å². The number of allylic oxidation sites excluding steroid dienone is 8. The molecular formula is C32H30. The Labute approximate surface area is 191 Å². The van der Waals surface area contributed by atoms with E-state index in [1.54, 1.807) is 5.56 Å². The maximum absolute atomic E-state index is 2.39. The van der Waals surface area contributed by atoms with E-state index in [-0.39, 0.29) is 0 Å². The molecular weight excluding hydrogens is 384 g/mol. The topological polar surface area (TPSA) is 0 Å². The predicted molar refractivity (Wildman–Crippen MR) is 137 cm³/mol. The SMILES string of the molecule is C1=CC2C(=C1)C(Cc1ccc(C3CCCCC3)cc1)=CC=C2c1ccc2ccccc2c1. The van der Waals surface area contributed by atoms with Gasteiger partial charge in [0, 0.05) is 5.92 Å². The van der Waals surface area contributed by atoms with Gasteiger partial charge in [-0.05, 0) is 75.4 Å². The summed E-state index contributed by atoms with van der Waals surface area (Å²) < 4.78 is 0. The molecule has 3 aromatic rings. The smallest absolute Gasteiger partial charge is 0.0281 e. The second-order valence-corrected chi connectivity index (χ2v) is 9.61. The van der Waals surface area contributed by atoms with Crippen LogP contribution in [0.1, 0.15) is 54.7 Å². The first-order valence-corrected chi connectivity index (χ1v) is 12.2. The molecule has 1 saturated carbocycles. The molecule has 6 rings (SSSR count). The van der Waals surface area contributed by atoms with E-state index in [1.165, 1.54) is 70.7 Å². The Morgan fingerprint density at radius 2 is 1.50 bits per heavy atom. The molecule has 0 spiro atoms. The number of fused-ring (bicyclic) bond motifs is 2. The summed E-state index contributed by atoms with van der Waals surface area (Å²) in [5.41, 5.74) is 8.63. The Balaban J connectivity index is 1.26. The molecule has 0 aliphatic heterocycles. The Bertz CT molecular complexity index is 1260. The fourth-order valence-electron chi connectivity index (χ4n) is 5.82. The van der Waals surface area contributed by atoms with Gasteiger partial charge in [0.15, 0.2) is 0 Å². The van der Waals surface area contributed by atoms with Crippen molar-refractivity contribution in [1.82, 2.24) is 0 Å². The number of rotatable bonds is 4. The maximum atomic E-state index is 2.39. The van der Waals surface area contributed by atoms with Crippen LogP contribution in [0.15, 0.2) is 108 Å². The van der Waals surface area contributed by atoms with E-state index in [0.29, 0.717) is 5.92 Å². The van der Waals surface area contributed by atoms with E-state index in [0.717, 1.165) is 12.3 Å². The highest BCUT2D eigenvalue weighted by atomic mass is 14.3. The fraction of sp³-hybridized carbons (Fsp3) is 0.250. The van der Waals surface area contributed by atoms with Gasteiger partial charge in [0.1, 0.15) is 0 Å². The van der Waals surface area contributed by atoms with Crippen LogP contribution in [0.5, 0.6) is 0 Å². The highest BCUT2D eigenvalue weighted by molar-refractivity contribution is 5.88. The average Bonchev–Trinajstić information content (AvgIpc) is 3.36. The molecule has 3 aliphatic carbocycles. The first-order chi connectivity index (χ1) is 15.8. The van der Waals surface area contributed by atoms with Crippen LogP contribution in [0.3, 0.4) is 0 Å². The van der Waals surface area contributed by atoms with Crippen molar-refractivity contribution in [3.05, 3.63) is 125 Å². The second kappa shape index (κ2) is 8.43. The highest BCUT2D eigenvalue weighted by Gasteiger charge is 2.26. The minimum Gasteiger partial charge on any atom is -0.0726 e. The van der Waals surface area contributed by atoms with Gasteiger partial charge in [0.25, 0.3) is 0 Å². The van der Waals surface area contributed by atoms with Crippen LogP contribution < -0.4 is 0 Å². The minimum atomic E-state index is 0.373. The monoisotopic (exact) mass is 414 g/mol. The first-order valence-electron chi connectivity index (χ1n) is 12.2. The van der Waals surface area contributed by atoms with Crippen molar-refractivity contribution in [2.45, 2.75) is 44.4 Å². The molecule has 0 aromatic heterocycles. The first kappa shape index (κ1) is 19.6. The lowest BCUT2D eigenvalue weighted by Crippen LogP contribution is -2.10. The van der Waals surface area contributed by atoms with Gasteiger partial charge in [-0.2, -0.15) is 0 Å². The van der Waals surface area contributed by atoms with Crippen LogP contribution in [-0.4, -0.2) is 0 Å². The molecule has 3 aromatic carbocycles. The van der Waals surface area contributed by atoms with Crippen molar-refractivity contribution in [2.75, 3.05) is 0 Å². The van der Waals surface area contributed by atoms with Crippen LogP contribution in [0, 0.1) is 5.92 Å². The largest absolute Gasteiger partial charge is 0.0726 e. The molecule has 1 atom stereocenters. The van der Waals surface area contributed by atoms with Crippen molar-refractivity contribution < 1.29 is 0 Å². The van der Waals surface area contributed by atoms with Crippen LogP contribution in [0.25, 0.3) is 16.3 Å². The molecule has 1 unspecified atom stereocenters. The van der Waals surface area contributed by atoms with E-state index in [2.05, 4.69) is 97.1 Å². The van der Waals surface area contributed by atoms with Gasteiger partial charge in [-0.1, -0.05) is 110 Å². The average molecular weight is 415 g/mol. The van der Waals surface area contributed by atoms with Gasteiger partial charge < -0.3 is 0 Å². The molecule has 0 heteroatoms. The van der Waals surface area contributed by atoms with Crippen molar-refractivity contribution in [1.29, 1.82) is 0 Å². The maximum Gasteiger partial charge on any atom is 0.0281 e. The molecule has 0 amide bonds. The number of hydrogen-bond donors (Lipinski definition) is 0. The van der Waals surface area contributed by atoms with Crippen LogP contribution >= 0.6 is 0 Å². The highest BCUT2D eigenvalue weighted by Crippen LogP contribution is 2.42. The lowest BCUT2D eigenvalue weighted by atomic mass is 9.79. The summed E-state index contributed by atoms with van der Waals surface area (Å²) in [6.45, 7) is 0. The van der Waals surface area contributed by atoms with E-state index in [1.807, 2.05) is 0 Å². The third-order valence-corrected chi connectivity index (χ3v) is 7.62. The minimum absolute atomic E-state index is 0.373. The Morgan fingerprint density at radius 1 is 0.688 bits per heavy atom. The number of benzene rings is 3. The third kappa shape index (κ3) is 3.69. The molecule has 0 heterocycles. The summed E-state index contributed by atoms with van der Waals surface area (Å²) in [6.07, 6.45) is 19.6. The van der Waals surface area contributed by atoms with E-state index < -0.39 is 0 Å². The summed E-state index contributed by atoms with van der Waals surface area (Å²) in [4.78, 5) is 0. The van der Waals surface area contributed by atoms with Gasteiger partial charge in [0.2, 0.25) is 0 Å². The molecule has 158 valence electrons. The second-order valence-electron chi connectivity index (χ2n) is 9.61. The summed E-state index contributed by atoms with van der Waals surface area (Å²) in [5, 5.41) is 2.62. The summed E-state index contributed by atoms with van der Waals surface area (Å²) in [6, 6.07) is 25.0. The molecule has 0 saturated heterocycles. The van der Waals surface area contributed by atoms with E-state index in [4.69, 9.17) is 0 Å². The molecule has 0 radical (unpaired) electrons. The summed E-state index contributed by atoms with van der Waals surface area (Å²) in [5.74, 6) is 1.16.